The Kier molecular flexibility index (Phi) is 9.40. The topological polar surface area (TPSA) is 96.2 Å². The lowest BCUT2D eigenvalue weighted by Crippen LogP contribution is -2.71. The molecule has 2 heterocycles. The third-order valence-corrected chi connectivity index (χ3v) is 7.66. The minimum Gasteiger partial charge on any atom is -0.444 e. The summed E-state index contributed by atoms with van der Waals surface area (Å²) < 4.78 is 46.1. The van der Waals surface area contributed by atoms with Gasteiger partial charge in [-0.3, -0.25) is 14.5 Å². The van der Waals surface area contributed by atoms with Crippen molar-refractivity contribution in [1.82, 2.24) is 14.7 Å². The summed E-state index contributed by atoms with van der Waals surface area (Å²) in [5, 5.41) is 0. The number of hydrogen-bond donors (Lipinski definition) is 1. The number of alkyl halides is 3. The Morgan fingerprint density at radius 3 is 2.50 bits per heavy atom. The van der Waals surface area contributed by atoms with Crippen LogP contribution in [0.3, 0.4) is 0 Å². The van der Waals surface area contributed by atoms with Crippen molar-refractivity contribution in [3.05, 3.63) is 69.2 Å². The molecule has 2 aliphatic heterocycles. The molecule has 0 unspecified atom stereocenters. The predicted octanol–water partition coefficient (Wildman–Crippen LogP) is 4.81. The van der Waals surface area contributed by atoms with E-state index in [0.29, 0.717) is 37.9 Å². The predicted molar refractivity (Wildman–Crippen MR) is 145 cm³/mol. The number of nitrogens with two attached hydrogens (primary N) is 1. The van der Waals surface area contributed by atoms with Crippen molar-refractivity contribution in [2.45, 2.75) is 64.1 Å². The van der Waals surface area contributed by atoms with Crippen LogP contribution in [0.1, 0.15) is 47.9 Å². The molecule has 2 fully saturated rings. The molecule has 2 aromatic carbocycles. The first-order chi connectivity index (χ1) is 19.0. The zero-order valence-corrected chi connectivity index (χ0v) is 23.7. The lowest BCUT2D eigenvalue weighted by atomic mass is 9.98. The molecule has 216 valence electrons. The van der Waals surface area contributed by atoms with Crippen LogP contribution in [0.2, 0.25) is 0 Å². The number of halogens is 4. The van der Waals surface area contributed by atoms with Crippen LogP contribution in [0.25, 0.3) is 0 Å². The number of piperazine rings is 1. The fourth-order valence-electron chi connectivity index (χ4n) is 5.24. The fourth-order valence-corrected chi connectivity index (χ4v) is 5.51. The number of benzene rings is 2. The number of nitrogens with zero attached hydrogens (tertiary/aromatic N) is 3. The number of hydrogen-bond acceptors (Lipinski definition) is 5. The average molecular weight is 625 g/mol. The van der Waals surface area contributed by atoms with E-state index in [9.17, 15) is 27.6 Å². The molecule has 2 aliphatic rings. The Hall–Kier alpha value is -3.12. The minimum absolute atomic E-state index is 0.0155. The van der Waals surface area contributed by atoms with Gasteiger partial charge < -0.3 is 20.3 Å². The molecule has 8 nitrogen and oxygen atoms in total. The number of aryl methyl sites for hydroxylation is 1. The molecule has 4 rings (SSSR count). The smallest absolute Gasteiger partial charge is 0.416 e. The maximum absolute atomic E-state index is 13.6. The summed E-state index contributed by atoms with van der Waals surface area (Å²) in [5.41, 5.74) is 6.33. The molecule has 0 aliphatic carbocycles. The van der Waals surface area contributed by atoms with Gasteiger partial charge in [-0.2, -0.15) is 13.2 Å². The highest BCUT2D eigenvalue weighted by Gasteiger charge is 2.48. The van der Waals surface area contributed by atoms with E-state index in [4.69, 9.17) is 10.5 Å². The van der Waals surface area contributed by atoms with Crippen molar-refractivity contribution in [1.29, 1.82) is 0 Å². The molecule has 40 heavy (non-hydrogen) atoms. The molecule has 2 atom stereocenters. The lowest BCUT2D eigenvalue weighted by Gasteiger charge is -2.52. The van der Waals surface area contributed by atoms with E-state index in [1.807, 2.05) is 24.3 Å². The number of unbranched alkanes of at least 4 members (excludes halogenated alkanes) is 1. The number of amides is 3. The van der Waals surface area contributed by atoms with Crippen molar-refractivity contribution in [3.63, 3.8) is 0 Å². The van der Waals surface area contributed by atoms with Gasteiger partial charge in [0.25, 0.3) is 0 Å². The Bertz CT molecular complexity index is 1240. The molecular weight excluding hydrogens is 593 g/mol. The normalized spacial score (nSPS) is 19.6. The van der Waals surface area contributed by atoms with Gasteiger partial charge >= 0.3 is 12.3 Å². The van der Waals surface area contributed by atoms with Crippen LogP contribution in [0.4, 0.5) is 18.0 Å². The largest absolute Gasteiger partial charge is 0.444 e. The fraction of sp³-hybridized carbons (Fsp3) is 0.464. The van der Waals surface area contributed by atoms with Crippen LogP contribution < -0.4 is 5.73 Å². The second-order valence-electron chi connectivity index (χ2n) is 10.1. The van der Waals surface area contributed by atoms with E-state index >= 15 is 0 Å². The summed E-state index contributed by atoms with van der Waals surface area (Å²) in [7, 11) is 0. The van der Waals surface area contributed by atoms with Crippen molar-refractivity contribution >= 4 is 33.8 Å². The van der Waals surface area contributed by atoms with E-state index in [1.54, 1.807) is 11.8 Å². The van der Waals surface area contributed by atoms with Gasteiger partial charge in [0.1, 0.15) is 18.8 Å². The third-order valence-electron chi connectivity index (χ3n) is 7.13. The van der Waals surface area contributed by atoms with E-state index in [0.717, 1.165) is 22.2 Å². The molecule has 12 heteroatoms. The molecular formula is C28H32BrF3N4O4. The number of fused-ring (bicyclic) bond motifs is 1. The Morgan fingerprint density at radius 1 is 1.10 bits per heavy atom. The maximum atomic E-state index is 13.6. The molecule has 0 saturated carbocycles. The Labute approximate surface area is 239 Å². The number of carbonyl (C=O) groups is 3. The second kappa shape index (κ2) is 12.6. The van der Waals surface area contributed by atoms with Crippen LogP contribution in [-0.2, 0) is 33.7 Å². The van der Waals surface area contributed by atoms with Gasteiger partial charge in [-0.25, -0.2) is 4.79 Å². The third kappa shape index (κ3) is 6.95. The van der Waals surface area contributed by atoms with Crippen molar-refractivity contribution in [2.75, 3.05) is 19.6 Å². The molecule has 0 spiro atoms. The molecule has 0 radical (unpaired) electrons. The van der Waals surface area contributed by atoms with Gasteiger partial charge in [-0.1, -0.05) is 39.7 Å². The zero-order valence-electron chi connectivity index (χ0n) is 22.1. The maximum Gasteiger partial charge on any atom is 0.416 e. The van der Waals surface area contributed by atoms with E-state index < -0.39 is 30.0 Å². The summed E-state index contributed by atoms with van der Waals surface area (Å²) >= 11 is 3.40. The molecule has 3 amide bonds. The van der Waals surface area contributed by atoms with Crippen LogP contribution in [0.15, 0.2) is 46.9 Å². The van der Waals surface area contributed by atoms with Gasteiger partial charge in [0, 0.05) is 24.0 Å². The van der Waals surface area contributed by atoms with Crippen LogP contribution in [0, 0.1) is 6.92 Å². The van der Waals surface area contributed by atoms with Gasteiger partial charge in [-0.15, -0.1) is 0 Å². The summed E-state index contributed by atoms with van der Waals surface area (Å²) in [5.74, 6) is -0.420. The summed E-state index contributed by atoms with van der Waals surface area (Å²) in [6, 6.07) is 10.3. The SMILES string of the molecule is Cc1cc(COC(=O)N2CCC(=O)N3[C@@H]2CN(Cc2ccc(Br)cc2)C(=O)[C@@H]3CCCCN)cc(C(F)(F)F)c1. The minimum atomic E-state index is -4.52. The van der Waals surface area contributed by atoms with E-state index in [1.165, 1.54) is 15.9 Å². The highest BCUT2D eigenvalue weighted by Crippen LogP contribution is 2.32. The first-order valence-corrected chi connectivity index (χ1v) is 13.9. The van der Waals surface area contributed by atoms with Gasteiger partial charge in [0.15, 0.2) is 0 Å². The monoisotopic (exact) mass is 624 g/mol. The highest BCUT2D eigenvalue weighted by molar-refractivity contribution is 9.10. The lowest BCUT2D eigenvalue weighted by molar-refractivity contribution is -0.169. The number of carbonyl (C=O) groups excluding carboxylic acids is 3. The second-order valence-corrected chi connectivity index (χ2v) is 11.0. The van der Waals surface area contributed by atoms with Gasteiger partial charge in [0.2, 0.25) is 11.8 Å². The quantitative estimate of drug-likeness (QED) is 0.425. The molecule has 0 aromatic heterocycles. The zero-order chi connectivity index (χ0) is 29.0. The van der Waals surface area contributed by atoms with Crippen molar-refractivity contribution < 1.29 is 32.3 Å². The number of ether oxygens (including phenoxy) is 1. The first-order valence-electron chi connectivity index (χ1n) is 13.1. The summed E-state index contributed by atoms with van der Waals surface area (Å²) in [4.78, 5) is 44.5. The molecule has 2 aromatic rings. The van der Waals surface area contributed by atoms with Crippen molar-refractivity contribution in [3.8, 4) is 0 Å². The highest BCUT2D eigenvalue weighted by atomic mass is 79.9. The van der Waals surface area contributed by atoms with Gasteiger partial charge in [-0.05, 0) is 68.1 Å². The summed E-state index contributed by atoms with van der Waals surface area (Å²) in [6.07, 6.45) is -4.29. The van der Waals surface area contributed by atoms with Crippen molar-refractivity contribution in [2.24, 2.45) is 5.73 Å². The molecule has 0 bridgehead atoms. The van der Waals surface area contributed by atoms with Crippen LogP contribution in [-0.4, -0.2) is 64.4 Å². The van der Waals surface area contributed by atoms with Crippen LogP contribution in [0.5, 0.6) is 0 Å². The Balaban J connectivity index is 1.55. The Morgan fingerprint density at radius 2 is 1.82 bits per heavy atom. The number of rotatable bonds is 8. The molecule has 2 N–H and O–H groups in total. The van der Waals surface area contributed by atoms with Crippen LogP contribution >= 0.6 is 15.9 Å². The van der Waals surface area contributed by atoms with Gasteiger partial charge in [0.05, 0.1) is 12.1 Å². The molecule has 2 saturated heterocycles. The first kappa shape index (κ1) is 29.9. The van der Waals surface area contributed by atoms with E-state index in [-0.39, 0.29) is 43.5 Å². The average Bonchev–Trinajstić information content (AvgIpc) is 2.90. The standard InChI is InChI=1S/C28H32BrF3N4O4/c1-18-12-20(14-21(13-18)28(30,31)32)17-40-27(39)35-11-9-25(37)36-23(4-2-3-10-33)26(38)34(16-24(35)36)15-19-5-7-22(29)8-6-19/h5-8,12-14,23-24H,2-4,9-11,15-17,33H2,1H3/t23-,24+/m0/s1. The summed E-state index contributed by atoms with van der Waals surface area (Å²) in [6.45, 7) is 2.10. The van der Waals surface area contributed by atoms with E-state index in [2.05, 4.69) is 15.9 Å².